The van der Waals surface area contributed by atoms with Crippen molar-refractivity contribution in [2.24, 2.45) is 0 Å². The Balaban J connectivity index is 0.000000356. The molecule has 0 bridgehead atoms. The first-order chi connectivity index (χ1) is 9.83. The Labute approximate surface area is 150 Å². The SMILES string of the molecule is C[c-]1ccc(-c2ccc3ccccc3c2)c1.[CH2-][Si](C)(C)C.[Pt+2]. The van der Waals surface area contributed by atoms with Crippen molar-refractivity contribution in [3.05, 3.63) is 72.8 Å². The molecule has 0 N–H and O–H groups in total. The van der Waals surface area contributed by atoms with Crippen LogP contribution in [0.4, 0.5) is 0 Å². The summed E-state index contributed by atoms with van der Waals surface area (Å²) in [6.07, 6.45) is 0. The molecule has 3 aromatic rings. The Hall–Kier alpha value is -1.04. The first-order valence-electron chi connectivity index (χ1n) is 7.41. The maximum atomic E-state index is 3.91. The number of aryl methyl sites for hydroxylation is 1. The summed E-state index contributed by atoms with van der Waals surface area (Å²) in [5.41, 5.74) is 3.93. The normalized spacial score (nSPS) is 10.6. The van der Waals surface area contributed by atoms with Crippen LogP contribution in [0.3, 0.4) is 0 Å². The summed E-state index contributed by atoms with van der Waals surface area (Å²) in [6.45, 7) is 12.7. The van der Waals surface area contributed by atoms with Gasteiger partial charge in [-0.2, -0.15) is 23.3 Å². The van der Waals surface area contributed by atoms with Crippen molar-refractivity contribution in [2.75, 3.05) is 0 Å². The maximum Gasteiger partial charge on any atom is 2.00 e. The number of fused-ring (bicyclic) bond motifs is 1. The minimum absolute atomic E-state index is 0. The van der Waals surface area contributed by atoms with Crippen LogP contribution in [0.15, 0.2) is 60.7 Å². The van der Waals surface area contributed by atoms with E-state index >= 15 is 0 Å². The van der Waals surface area contributed by atoms with Gasteiger partial charge in [-0.05, 0) is 10.8 Å². The first-order valence-corrected chi connectivity index (χ1v) is 11.1. The molecule has 0 nitrogen and oxygen atoms in total. The van der Waals surface area contributed by atoms with Gasteiger partial charge in [-0.3, -0.25) is 0 Å². The van der Waals surface area contributed by atoms with Crippen LogP contribution in [0.2, 0.25) is 19.6 Å². The Kier molecular flexibility index (Phi) is 6.90. The van der Waals surface area contributed by atoms with E-state index in [2.05, 4.69) is 93.8 Å². The maximum absolute atomic E-state index is 3.91. The summed E-state index contributed by atoms with van der Waals surface area (Å²) in [4.78, 5) is 0. The zero-order valence-electron chi connectivity index (χ0n) is 13.8. The predicted molar refractivity (Wildman–Crippen MR) is 98.4 cm³/mol. The first kappa shape index (κ1) is 19.0. The van der Waals surface area contributed by atoms with E-state index in [1.165, 1.54) is 27.5 Å². The molecule has 0 heterocycles. The second-order valence-corrected chi connectivity index (χ2v) is 11.9. The molecular weight excluding hydrogens is 463 g/mol. The van der Waals surface area contributed by atoms with Crippen molar-refractivity contribution in [3.63, 3.8) is 0 Å². The standard InChI is InChI=1S/C16H13.C4H11Si.Pt/c1-12-6-7-15(10-12)16-9-8-13-4-2-3-5-14(13)11-16;1-5(2,3)4;/h2-11H,1H3;1H2,2-4H3;/q2*-1;+2. The summed E-state index contributed by atoms with van der Waals surface area (Å²) in [6, 6.07) is 21.7. The van der Waals surface area contributed by atoms with E-state index < -0.39 is 8.07 Å². The zero-order valence-corrected chi connectivity index (χ0v) is 17.1. The number of benzene rings is 2. The van der Waals surface area contributed by atoms with E-state index in [4.69, 9.17) is 0 Å². The summed E-state index contributed by atoms with van der Waals surface area (Å²) in [5.74, 6) is 0. The molecule has 0 aliphatic heterocycles. The summed E-state index contributed by atoms with van der Waals surface area (Å²) < 4.78 is 0. The van der Waals surface area contributed by atoms with Crippen molar-refractivity contribution in [1.29, 1.82) is 0 Å². The minimum atomic E-state index is -0.861. The molecule has 0 atom stereocenters. The van der Waals surface area contributed by atoms with Crippen molar-refractivity contribution >= 4 is 18.8 Å². The largest absolute Gasteiger partial charge is 2.00 e. The van der Waals surface area contributed by atoms with Crippen LogP contribution in [-0.4, -0.2) is 8.07 Å². The van der Waals surface area contributed by atoms with Crippen LogP contribution in [0.5, 0.6) is 0 Å². The Morgan fingerprint density at radius 1 is 0.864 bits per heavy atom. The Morgan fingerprint density at radius 2 is 1.45 bits per heavy atom. The monoisotopic (exact) mass is 487 g/mol. The fraction of sp³-hybridized carbons (Fsp3) is 0.200. The molecule has 0 fully saturated rings. The van der Waals surface area contributed by atoms with Gasteiger partial charge in [0.2, 0.25) is 0 Å². The second-order valence-electron chi connectivity index (χ2n) is 6.80. The van der Waals surface area contributed by atoms with E-state index in [0.717, 1.165) is 0 Å². The van der Waals surface area contributed by atoms with Gasteiger partial charge in [0, 0.05) is 0 Å². The van der Waals surface area contributed by atoms with E-state index in [-0.39, 0.29) is 21.1 Å². The fourth-order valence-corrected chi connectivity index (χ4v) is 2.11. The molecule has 0 amide bonds. The molecule has 118 valence electrons. The Bertz CT molecular complexity index is 714. The van der Waals surface area contributed by atoms with Gasteiger partial charge in [0.25, 0.3) is 0 Å². The third kappa shape index (κ3) is 5.98. The van der Waals surface area contributed by atoms with Crippen LogP contribution < -0.4 is 0 Å². The van der Waals surface area contributed by atoms with E-state index in [1.54, 1.807) is 0 Å². The molecule has 0 saturated heterocycles. The topological polar surface area (TPSA) is 0 Å². The van der Waals surface area contributed by atoms with Crippen LogP contribution in [0.1, 0.15) is 5.56 Å². The van der Waals surface area contributed by atoms with Gasteiger partial charge < -0.3 is 6.55 Å². The van der Waals surface area contributed by atoms with E-state index in [1.807, 2.05) is 0 Å². The number of hydrogen-bond donors (Lipinski definition) is 0. The predicted octanol–water partition coefficient (Wildman–Crippen LogP) is 6.23. The zero-order chi connectivity index (χ0) is 15.5. The van der Waals surface area contributed by atoms with Gasteiger partial charge in [-0.1, -0.05) is 74.6 Å². The van der Waals surface area contributed by atoms with Gasteiger partial charge in [0.1, 0.15) is 0 Å². The van der Waals surface area contributed by atoms with Crippen LogP contribution >= 0.6 is 0 Å². The van der Waals surface area contributed by atoms with Gasteiger partial charge in [0.05, 0.1) is 0 Å². The van der Waals surface area contributed by atoms with Gasteiger partial charge in [-0.25, -0.2) is 6.07 Å². The van der Waals surface area contributed by atoms with Crippen LogP contribution in [0.25, 0.3) is 21.9 Å². The molecular formula is C20H24PtSi. The van der Waals surface area contributed by atoms with Crippen molar-refractivity contribution < 1.29 is 21.1 Å². The van der Waals surface area contributed by atoms with E-state index in [0.29, 0.717) is 0 Å². The van der Waals surface area contributed by atoms with Crippen LogP contribution in [-0.2, 0) is 21.1 Å². The van der Waals surface area contributed by atoms with Crippen molar-refractivity contribution in [3.8, 4) is 11.1 Å². The fourth-order valence-electron chi connectivity index (χ4n) is 2.11. The smallest absolute Gasteiger partial charge is 0.342 e. The summed E-state index contributed by atoms with van der Waals surface area (Å²) in [7, 11) is -0.861. The molecule has 0 aliphatic carbocycles. The molecule has 3 rings (SSSR count). The quantitative estimate of drug-likeness (QED) is 0.282. The molecule has 22 heavy (non-hydrogen) atoms. The average Bonchev–Trinajstić information content (AvgIpc) is 2.83. The summed E-state index contributed by atoms with van der Waals surface area (Å²) in [5, 5.41) is 2.60. The third-order valence-corrected chi connectivity index (χ3v) is 2.99. The molecule has 0 saturated carbocycles. The second kappa shape index (κ2) is 7.99. The molecule has 3 aromatic carbocycles. The van der Waals surface area contributed by atoms with Gasteiger partial charge >= 0.3 is 21.1 Å². The van der Waals surface area contributed by atoms with Crippen LogP contribution in [0, 0.1) is 13.5 Å². The molecule has 0 radical (unpaired) electrons. The van der Waals surface area contributed by atoms with Crippen molar-refractivity contribution in [2.45, 2.75) is 26.6 Å². The van der Waals surface area contributed by atoms with Crippen molar-refractivity contribution in [1.82, 2.24) is 0 Å². The van der Waals surface area contributed by atoms with Gasteiger partial charge in [0.15, 0.2) is 0 Å². The average molecular weight is 488 g/mol. The molecule has 0 spiro atoms. The summed E-state index contributed by atoms with van der Waals surface area (Å²) >= 11 is 0. The number of rotatable bonds is 1. The Morgan fingerprint density at radius 3 is 2.00 bits per heavy atom. The molecule has 0 unspecified atom stereocenters. The molecule has 2 heteroatoms. The number of hydrogen-bond acceptors (Lipinski definition) is 0. The molecule has 0 aliphatic rings. The molecule has 0 aromatic heterocycles. The van der Waals surface area contributed by atoms with Gasteiger partial charge in [-0.15, -0.1) is 8.07 Å². The minimum Gasteiger partial charge on any atom is -0.342 e. The third-order valence-electron chi connectivity index (χ3n) is 2.99. The van der Waals surface area contributed by atoms with E-state index in [9.17, 15) is 0 Å².